The molecule has 0 bridgehead atoms. The molecule has 0 aliphatic heterocycles. The van der Waals surface area contributed by atoms with Crippen molar-refractivity contribution in [3.8, 4) is 0 Å². The molecule has 0 aromatic heterocycles. The molecule has 8 heavy (non-hydrogen) atoms. The van der Waals surface area contributed by atoms with Crippen molar-refractivity contribution in [1.29, 1.82) is 0 Å². The minimum atomic E-state index is 0. The van der Waals surface area contributed by atoms with Crippen LogP contribution in [-0.2, 0) is 0 Å². The molecule has 0 spiro atoms. The Morgan fingerprint density at radius 2 is 1.62 bits per heavy atom. The normalized spacial score (nSPS) is 7.62. The summed E-state index contributed by atoms with van der Waals surface area (Å²) in [5, 5.41) is 0. The van der Waals surface area contributed by atoms with Gasteiger partial charge in [-0.2, -0.15) is 0 Å². The molecule has 0 amide bonds. The molecule has 0 aliphatic rings. The lowest BCUT2D eigenvalue weighted by Gasteiger charge is -1.95. The van der Waals surface area contributed by atoms with E-state index in [-0.39, 0.29) is 1.43 Å². The lowest BCUT2D eigenvalue weighted by Crippen LogP contribution is -2.14. The molecule has 52 valence electrons. The minimum Gasteiger partial charge on any atom is -0.393 e. The Morgan fingerprint density at radius 1 is 1.50 bits per heavy atom. The summed E-state index contributed by atoms with van der Waals surface area (Å²) in [6, 6.07) is 0. The summed E-state index contributed by atoms with van der Waals surface area (Å²) < 4.78 is 0. The molecule has 0 aromatic carbocycles. The van der Waals surface area contributed by atoms with Gasteiger partial charge in [-0.1, -0.05) is 39.9 Å². The summed E-state index contributed by atoms with van der Waals surface area (Å²) in [7, 11) is 0. The van der Waals surface area contributed by atoms with Crippen LogP contribution in [0.4, 0.5) is 0 Å². The Kier molecular flexibility index (Phi) is 9.30. The summed E-state index contributed by atoms with van der Waals surface area (Å²) in [6.45, 7) is 7.95. The highest BCUT2D eigenvalue weighted by Gasteiger charge is 1.90. The van der Waals surface area contributed by atoms with Crippen LogP contribution in [0.15, 0.2) is 0 Å². The maximum atomic E-state index is 5.17. The highest BCUT2D eigenvalue weighted by atomic mass is 32.1. The van der Waals surface area contributed by atoms with Crippen LogP contribution in [0.25, 0.3) is 0 Å². The number of thiocarbonyl (C=S) groups is 1. The van der Waals surface area contributed by atoms with E-state index in [2.05, 4.69) is 12.2 Å². The molecule has 0 aliphatic carbocycles. The third-order valence-corrected chi connectivity index (χ3v) is 1.04. The van der Waals surface area contributed by atoms with Gasteiger partial charge in [0, 0.05) is 7.34 Å². The SMILES string of the molecule is CC.CC(C)C(N)=S.[HH]. The van der Waals surface area contributed by atoms with E-state index in [4.69, 9.17) is 5.73 Å². The zero-order valence-corrected chi connectivity index (χ0v) is 6.88. The van der Waals surface area contributed by atoms with Crippen LogP contribution in [0.2, 0.25) is 0 Å². The van der Waals surface area contributed by atoms with Crippen LogP contribution in [0.1, 0.15) is 29.1 Å². The number of hydrogen-bond acceptors (Lipinski definition) is 1. The molecule has 0 aromatic rings. The van der Waals surface area contributed by atoms with Gasteiger partial charge in [-0.05, 0) is 0 Å². The largest absolute Gasteiger partial charge is 0.393 e. The van der Waals surface area contributed by atoms with Gasteiger partial charge in [-0.3, -0.25) is 0 Å². The molecular weight excluding hydrogens is 118 g/mol. The van der Waals surface area contributed by atoms with E-state index in [0.717, 1.165) is 0 Å². The van der Waals surface area contributed by atoms with E-state index in [0.29, 0.717) is 10.9 Å². The molecule has 0 saturated heterocycles. The predicted octanol–water partition coefficient (Wildman–Crippen LogP) is 2.20. The summed E-state index contributed by atoms with van der Waals surface area (Å²) in [6.07, 6.45) is 0. The standard InChI is InChI=1S/C4H9NS.C2H6.H2/c1-3(2)4(5)6;1-2;/h3H,1-2H3,(H2,5,6);1-2H3;1H. The van der Waals surface area contributed by atoms with Gasteiger partial charge in [0.25, 0.3) is 0 Å². The second-order valence-corrected chi connectivity index (χ2v) is 2.03. The smallest absolute Gasteiger partial charge is 0.0753 e. The number of hydrogen-bond donors (Lipinski definition) is 1. The lowest BCUT2D eigenvalue weighted by molar-refractivity contribution is 0.891. The molecule has 2 N–H and O–H groups in total. The van der Waals surface area contributed by atoms with E-state index >= 15 is 0 Å². The van der Waals surface area contributed by atoms with Gasteiger partial charge in [0.05, 0.1) is 4.99 Å². The Morgan fingerprint density at radius 3 is 1.62 bits per heavy atom. The van der Waals surface area contributed by atoms with E-state index in [1.165, 1.54) is 0 Å². The fourth-order valence-electron chi connectivity index (χ4n) is 0. The first kappa shape index (κ1) is 10.8. The van der Waals surface area contributed by atoms with E-state index in [1.54, 1.807) is 0 Å². The number of nitrogens with two attached hydrogens (primary N) is 1. The van der Waals surface area contributed by atoms with Gasteiger partial charge in [0.2, 0.25) is 0 Å². The van der Waals surface area contributed by atoms with Crippen molar-refractivity contribution in [2.24, 2.45) is 11.7 Å². The second kappa shape index (κ2) is 6.89. The third kappa shape index (κ3) is 9.31. The maximum Gasteiger partial charge on any atom is 0.0753 e. The van der Waals surface area contributed by atoms with Crippen molar-refractivity contribution in [2.45, 2.75) is 27.7 Å². The Balaban J connectivity index is -0.000000109. The minimum absolute atomic E-state index is 0. The molecule has 0 saturated carbocycles. The monoisotopic (exact) mass is 135 g/mol. The first-order valence-corrected chi connectivity index (χ1v) is 3.34. The molecule has 0 radical (unpaired) electrons. The van der Waals surface area contributed by atoms with Crippen LogP contribution >= 0.6 is 12.2 Å². The fraction of sp³-hybridized carbons (Fsp3) is 0.833. The van der Waals surface area contributed by atoms with Gasteiger partial charge in [0.15, 0.2) is 0 Å². The molecular formula is C6H17NS. The molecule has 0 atom stereocenters. The first-order valence-electron chi connectivity index (χ1n) is 2.94. The van der Waals surface area contributed by atoms with E-state index < -0.39 is 0 Å². The van der Waals surface area contributed by atoms with Crippen molar-refractivity contribution in [2.75, 3.05) is 0 Å². The van der Waals surface area contributed by atoms with Gasteiger partial charge in [0.1, 0.15) is 0 Å². The van der Waals surface area contributed by atoms with Gasteiger partial charge in [-0.25, -0.2) is 0 Å². The van der Waals surface area contributed by atoms with Crippen LogP contribution in [0.3, 0.4) is 0 Å². The van der Waals surface area contributed by atoms with E-state index in [1.807, 2.05) is 27.7 Å². The van der Waals surface area contributed by atoms with Crippen molar-refractivity contribution in [1.82, 2.24) is 0 Å². The van der Waals surface area contributed by atoms with Crippen LogP contribution in [0.5, 0.6) is 0 Å². The molecule has 0 fully saturated rings. The molecule has 0 heterocycles. The maximum absolute atomic E-state index is 5.17. The first-order chi connectivity index (χ1) is 3.64. The molecule has 0 rings (SSSR count). The molecule has 1 nitrogen and oxygen atoms in total. The third-order valence-electron chi connectivity index (χ3n) is 0.569. The molecule has 2 heteroatoms. The van der Waals surface area contributed by atoms with Crippen molar-refractivity contribution in [3.05, 3.63) is 0 Å². The fourth-order valence-corrected chi connectivity index (χ4v) is 0. The summed E-state index contributed by atoms with van der Waals surface area (Å²) in [4.78, 5) is 0.593. The topological polar surface area (TPSA) is 26.0 Å². The van der Waals surface area contributed by atoms with Crippen LogP contribution in [0, 0.1) is 5.92 Å². The van der Waals surface area contributed by atoms with Gasteiger partial charge in [-0.15, -0.1) is 0 Å². The quantitative estimate of drug-likeness (QED) is 0.558. The second-order valence-electron chi connectivity index (χ2n) is 1.56. The highest BCUT2D eigenvalue weighted by molar-refractivity contribution is 7.80. The van der Waals surface area contributed by atoms with Crippen molar-refractivity contribution < 1.29 is 1.43 Å². The summed E-state index contributed by atoms with van der Waals surface area (Å²) >= 11 is 4.60. The van der Waals surface area contributed by atoms with Crippen LogP contribution < -0.4 is 5.73 Å². The van der Waals surface area contributed by atoms with Gasteiger partial charge >= 0.3 is 0 Å². The zero-order valence-electron chi connectivity index (χ0n) is 6.06. The Bertz CT molecular complexity index is 64.1. The average molecular weight is 135 g/mol. The summed E-state index contributed by atoms with van der Waals surface area (Å²) in [5.41, 5.74) is 5.17. The predicted molar refractivity (Wildman–Crippen MR) is 45.1 cm³/mol. The van der Waals surface area contributed by atoms with E-state index in [9.17, 15) is 0 Å². The Labute approximate surface area is 58.8 Å². The average Bonchev–Trinajstić information content (AvgIpc) is 1.72. The van der Waals surface area contributed by atoms with Crippen molar-refractivity contribution in [3.63, 3.8) is 0 Å². The summed E-state index contributed by atoms with van der Waals surface area (Å²) in [5.74, 6) is 0.361. The molecule has 0 unspecified atom stereocenters. The highest BCUT2D eigenvalue weighted by Crippen LogP contribution is 1.88. The number of rotatable bonds is 1. The Hall–Kier alpha value is -0.110. The van der Waals surface area contributed by atoms with Crippen molar-refractivity contribution >= 4 is 17.2 Å². The van der Waals surface area contributed by atoms with Crippen LogP contribution in [-0.4, -0.2) is 4.99 Å². The lowest BCUT2D eigenvalue weighted by atomic mass is 10.2. The zero-order chi connectivity index (χ0) is 7.15. The van der Waals surface area contributed by atoms with Gasteiger partial charge < -0.3 is 5.73 Å².